The van der Waals surface area contributed by atoms with Crippen molar-refractivity contribution in [2.75, 3.05) is 80.5 Å². The minimum atomic E-state index is -1.47. The molecule has 0 aromatic heterocycles. The summed E-state index contributed by atoms with van der Waals surface area (Å²) in [5.74, 6) is -8.21. The number of aliphatic carboxylic acids is 1. The number of carboxylic acid groups (broad SMARTS) is 1. The summed E-state index contributed by atoms with van der Waals surface area (Å²) in [6, 6.07) is -7.40. The molecule has 0 aliphatic carbocycles. The molecule has 0 aromatic carbocycles. The number of piperidine rings is 2. The third kappa shape index (κ3) is 20.9. The van der Waals surface area contributed by atoms with E-state index in [1.165, 1.54) is 38.0 Å². The number of carboxylic acids is 1. The van der Waals surface area contributed by atoms with E-state index in [2.05, 4.69) is 26.6 Å². The number of amides is 11. The summed E-state index contributed by atoms with van der Waals surface area (Å²) < 4.78 is 10.7. The molecule has 0 saturated carbocycles. The molecule has 27 nitrogen and oxygen atoms in total. The van der Waals surface area contributed by atoms with Gasteiger partial charge in [-0.3, -0.25) is 43.2 Å². The van der Waals surface area contributed by atoms with Crippen LogP contribution in [0.1, 0.15) is 108 Å². The van der Waals surface area contributed by atoms with Crippen molar-refractivity contribution >= 4 is 71.3 Å². The number of nitrogens with one attached hydrogen (secondary N) is 5. The van der Waals surface area contributed by atoms with Crippen molar-refractivity contribution < 1.29 is 72.1 Å². The highest BCUT2D eigenvalue weighted by Gasteiger charge is 2.41. The van der Waals surface area contributed by atoms with Crippen LogP contribution < -0.4 is 32.3 Å². The lowest BCUT2D eigenvalue weighted by atomic mass is 9.99. The van der Waals surface area contributed by atoms with Gasteiger partial charge in [-0.2, -0.15) is 0 Å². The van der Waals surface area contributed by atoms with Gasteiger partial charge in [0.15, 0.2) is 0 Å². The van der Waals surface area contributed by atoms with Crippen LogP contribution in [-0.2, 0) is 57.4 Å². The second kappa shape index (κ2) is 29.6. The monoisotopic (exact) mass is 1090 g/mol. The molecule has 6 atom stereocenters. The highest BCUT2D eigenvalue weighted by molar-refractivity contribution is 5.96. The van der Waals surface area contributed by atoms with Gasteiger partial charge in [0, 0.05) is 54.4 Å². The van der Waals surface area contributed by atoms with Crippen LogP contribution in [0, 0.1) is 11.8 Å². The number of hydrogen-bond acceptors (Lipinski definition) is 15. The molecule has 0 unspecified atom stereocenters. The van der Waals surface area contributed by atoms with E-state index in [4.69, 9.17) is 15.2 Å². The van der Waals surface area contributed by atoms with Crippen molar-refractivity contribution in [3.05, 3.63) is 0 Å². The van der Waals surface area contributed by atoms with Crippen molar-refractivity contribution in [1.82, 2.24) is 56.0 Å². The van der Waals surface area contributed by atoms with Gasteiger partial charge < -0.3 is 76.3 Å². The number of nitrogens with zero attached hydrogens (tertiary/aromatic N) is 6. The van der Waals surface area contributed by atoms with Gasteiger partial charge >= 0.3 is 18.2 Å². The molecule has 0 aromatic rings. The molecule has 0 radical (unpaired) electrons. The molecule has 2 aliphatic heterocycles. The summed E-state index contributed by atoms with van der Waals surface area (Å²) in [6.07, 6.45) is 0.510. The summed E-state index contributed by atoms with van der Waals surface area (Å²) in [7, 11) is 5.45. The number of alkyl carbamates (subject to hydrolysis) is 2. The summed E-state index contributed by atoms with van der Waals surface area (Å²) >= 11 is 0. The Morgan fingerprint density at radius 2 is 0.948 bits per heavy atom. The van der Waals surface area contributed by atoms with Gasteiger partial charge in [0.05, 0.1) is 26.2 Å². The topological polar surface area (TPSA) is 349 Å². The fraction of sp³-hybridized carbons (Fsp3) is 0.760. The third-order valence-electron chi connectivity index (χ3n) is 12.7. The fourth-order valence-electron chi connectivity index (χ4n) is 8.77. The molecule has 0 bridgehead atoms. The number of carbonyl (C=O) groups is 12. The maximum atomic E-state index is 14.4. The third-order valence-corrected chi connectivity index (χ3v) is 12.7. The molecule has 2 saturated heterocycles. The predicted molar refractivity (Wildman–Crippen MR) is 279 cm³/mol. The molecule has 2 rings (SSSR count). The second-order valence-corrected chi connectivity index (χ2v) is 22.1. The van der Waals surface area contributed by atoms with Crippen molar-refractivity contribution in [1.29, 1.82) is 0 Å². The molecule has 436 valence electrons. The van der Waals surface area contributed by atoms with Crippen LogP contribution in [0.5, 0.6) is 0 Å². The van der Waals surface area contributed by atoms with E-state index in [1.807, 2.05) is 0 Å². The Hall–Kier alpha value is -6.80. The van der Waals surface area contributed by atoms with Gasteiger partial charge in [-0.25, -0.2) is 14.4 Å². The average molecular weight is 1100 g/mol. The van der Waals surface area contributed by atoms with Crippen LogP contribution >= 0.6 is 0 Å². The maximum absolute atomic E-state index is 14.4. The SMILES string of the molecule is CC(C)[C@@H](C(=O)NC[C@@H](NC(=O)OC(C)(C)C)C(=O)N1CCCC[C@H]1C(=O)NCC(=O)N(C)CC(=O)N(C)[C@H](C(=O)NC[C@@H](NC(=O)OC(C)(C)C)C(=O)N1CCCC[C@H]1C(=O)O)C(C)C)N(C)C(=O)CN(C)C(=O)CN. The maximum Gasteiger partial charge on any atom is 0.408 e. The van der Waals surface area contributed by atoms with Crippen LogP contribution in [-0.4, -0.2) is 234 Å². The van der Waals surface area contributed by atoms with E-state index >= 15 is 0 Å². The first-order valence-corrected chi connectivity index (χ1v) is 26.0. The van der Waals surface area contributed by atoms with Crippen LogP contribution in [0.4, 0.5) is 9.59 Å². The minimum absolute atomic E-state index is 0.0678. The van der Waals surface area contributed by atoms with Gasteiger partial charge in [0.25, 0.3) is 0 Å². The molecule has 27 heteroatoms. The Morgan fingerprint density at radius 1 is 0.571 bits per heavy atom. The standard InChI is InChI=1S/C50H86N12O15/c1-29(2)39(59(13)37(65)27-57(11)35(63)23-51)42(68)52-24-31(55-47(74)76-49(5,6)7)44(70)61-21-17-15-19-33(61)41(67)54-26-36(64)58(12)28-38(66)60(14)40(30(3)4)43(69)53-25-32(56-48(75)77-50(8,9)10)45(71)62-22-18-16-20-34(62)46(72)73/h29-34,39-40H,15-28,51H2,1-14H3,(H,52,68)(H,53,69)(H,54,67)(H,55,74)(H,56,75)(H,72,73)/t31-,32-,33+,34+,39+,40+/m1/s1. The predicted octanol–water partition coefficient (Wildman–Crippen LogP) is -1.19. The first-order chi connectivity index (χ1) is 35.6. The first-order valence-electron chi connectivity index (χ1n) is 26.0. The number of ether oxygens (including phenoxy) is 2. The number of carbonyl (C=O) groups excluding carboxylic acids is 11. The fourth-order valence-corrected chi connectivity index (χ4v) is 8.77. The van der Waals surface area contributed by atoms with Crippen molar-refractivity contribution in [2.45, 2.75) is 155 Å². The molecule has 2 aliphatic rings. The van der Waals surface area contributed by atoms with Gasteiger partial charge in [-0.1, -0.05) is 27.7 Å². The lowest BCUT2D eigenvalue weighted by Crippen LogP contribution is -2.61. The minimum Gasteiger partial charge on any atom is -0.480 e. The van der Waals surface area contributed by atoms with Gasteiger partial charge in [0.2, 0.25) is 53.2 Å². The molecule has 2 fully saturated rings. The highest BCUT2D eigenvalue weighted by Crippen LogP contribution is 2.21. The van der Waals surface area contributed by atoms with Crippen LogP contribution in [0.25, 0.3) is 0 Å². The lowest BCUT2D eigenvalue weighted by Gasteiger charge is -2.37. The average Bonchev–Trinajstić information content (AvgIpc) is 3.33. The zero-order valence-electron chi connectivity index (χ0n) is 47.4. The largest absolute Gasteiger partial charge is 0.480 e. The lowest BCUT2D eigenvalue weighted by molar-refractivity contribution is -0.153. The molecular weight excluding hydrogens is 1010 g/mol. The Morgan fingerprint density at radius 3 is 1.31 bits per heavy atom. The molecule has 2 heterocycles. The molecule has 8 N–H and O–H groups in total. The molecule has 77 heavy (non-hydrogen) atoms. The smallest absolute Gasteiger partial charge is 0.408 e. The zero-order valence-corrected chi connectivity index (χ0v) is 47.4. The van der Waals surface area contributed by atoms with Crippen LogP contribution in [0.15, 0.2) is 0 Å². The van der Waals surface area contributed by atoms with E-state index in [0.29, 0.717) is 25.7 Å². The van der Waals surface area contributed by atoms with Crippen LogP contribution in [0.2, 0.25) is 0 Å². The molecule has 11 amide bonds. The number of rotatable bonds is 23. The Bertz CT molecular complexity index is 2140. The quantitative estimate of drug-likeness (QED) is 0.0633. The summed E-state index contributed by atoms with van der Waals surface area (Å²) in [4.78, 5) is 167. The summed E-state index contributed by atoms with van der Waals surface area (Å²) in [6.45, 7) is 13.8. The number of hydrogen-bond donors (Lipinski definition) is 7. The second-order valence-electron chi connectivity index (χ2n) is 22.1. The summed E-state index contributed by atoms with van der Waals surface area (Å²) in [5.41, 5.74) is 3.49. The number of likely N-dealkylation sites (N-methyl/N-ethyl adjacent to an activating group) is 4. The van der Waals surface area contributed by atoms with Gasteiger partial charge in [-0.15, -0.1) is 0 Å². The van der Waals surface area contributed by atoms with Crippen molar-refractivity contribution in [3.8, 4) is 0 Å². The normalized spacial score (nSPS) is 17.3. The van der Waals surface area contributed by atoms with Crippen LogP contribution in [0.3, 0.4) is 0 Å². The molecule has 0 spiro atoms. The number of likely N-dealkylation sites (tertiary alicyclic amines) is 2. The molecular formula is C50H86N12O15. The van der Waals surface area contributed by atoms with Crippen molar-refractivity contribution in [2.24, 2.45) is 17.6 Å². The van der Waals surface area contributed by atoms with E-state index in [0.717, 1.165) is 19.6 Å². The van der Waals surface area contributed by atoms with Gasteiger partial charge in [0.1, 0.15) is 47.5 Å². The highest BCUT2D eigenvalue weighted by atomic mass is 16.6. The first kappa shape index (κ1) is 66.3. The van der Waals surface area contributed by atoms with E-state index < -0.39 is 157 Å². The van der Waals surface area contributed by atoms with E-state index in [9.17, 15) is 62.6 Å². The van der Waals surface area contributed by atoms with E-state index in [-0.39, 0.29) is 39.0 Å². The van der Waals surface area contributed by atoms with Gasteiger partial charge in [-0.05, 0) is 91.9 Å². The van der Waals surface area contributed by atoms with E-state index in [1.54, 1.807) is 69.2 Å². The Labute approximate surface area is 451 Å². The Kier molecular flexibility index (Phi) is 25.5. The van der Waals surface area contributed by atoms with Crippen molar-refractivity contribution in [3.63, 3.8) is 0 Å². The zero-order chi connectivity index (χ0) is 58.9. The summed E-state index contributed by atoms with van der Waals surface area (Å²) in [5, 5.41) is 22.6. The Balaban J connectivity index is 2.21. The number of nitrogens with two attached hydrogens (primary N) is 1.